The summed E-state index contributed by atoms with van der Waals surface area (Å²) in [7, 11) is -9.93. The van der Waals surface area contributed by atoms with Gasteiger partial charge in [0.2, 0.25) is 0 Å². The Hall–Kier alpha value is -2.98. The van der Waals surface area contributed by atoms with Crippen LogP contribution in [-0.2, 0) is 65.4 Å². The number of aliphatic hydroxyl groups is 1. The Labute approximate surface area is 572 Å². The lowest BCUT2D eigenvalue weighted by molar-refractivity contribution is -0.161. The van der Waals surface area contributed by atoms with E-state index < -0.39 is 97.5 Å². The molecule has 0 amide bonds. The molecular weight excluding hydrogens is 1230 g/mol. The van der Waals surface area contributed by atoms with Gasteiger partial charge in [0.15, 0.2) is 12.2 Å². The number of allylic oxidation sites excluding steroid dienone is 8. The van der Waals surface area contributed by atoms with Crippen LogP contribution in [0.2, 0.25) is 0 Å². The number of rotatable bonds is 72. The predicted octanol–water partition coefficient (Wildman–Crippen LogP) is 21.3. The summed E-state index contributed by atoms with van der Waals surface area (Å²) in [6, 6.07) is 0. The first-order chi connectivity index (χ1) is 45.7. The number of hydrogen-bond acceptors (Lipinski definition) is 15. The summed E-state index contributed by atoms with van der Waals surface area (Å²) < 4.78 is 68.4. The van der Waals surface area contributed by atoms with Crippen LogP contribution in [-0.4, -0.2) is 96.7 Å². The topological polar surface area (TPSA) is 237 Å². The molecule has 94 heavy (non-hydrogen) atoms. The third-order valence-electron chi connectivity index (χ3n) is 16.2. The average molecular weight is 1370 g/mol. The zero-order valence-electron chi connectivity index (χ0n) is 59.9. The van der Waals surface area contributed by atoms with Crippen LogP contribution >= 0.6 is 15.6 Å². The molecule has 0 aliphatic carbocycles. The van der Waals surface area contributed by atoms with Crippen LogP contribution in [0.5, 0.6) is 0 Å². The molecule has 3 N–H and O–H groups in total. The highest BCUT2D eigenvalue weighted by Crippen LogP contribution is 2.45. The van der Waals surface area contributed by atoms with E-state index in [1.165, 1.54) is 116 Å². The van der Waals surface area contributed by atoms with Crippen molar-refractivity contribution in [2.75, 3.05) is 39.6 Å². The van der Waals surface area contributed by atoms with Gasteiger partial charge in [0.05, 0.1) is 26.4 Å². The highest BCUT2D eigenvalue weighted by atomic mass is 31.2. The second-order valence-electron chi connectivity index (χ2n) is 25.6. The van der Waals surface area contributed by atoms with E-state index in [0.29, 0.717) is 25.7 Å². The van der Waals surface area contributed by atoms with Gasteiger partial charge in [-0.2, -0.15) is 0 Å². The van der Waals surface area contributed by atoms with E-state index in [1.807, 2.05) is 0 Å². The first kappa shape index (κ1) is 91.0. The van der Waals surface area contributed by atoms with Crippen molar-refractivity contribution in [3.8, 4) is 0 Å². The van der Waals surface area contributed by atoms with E-state index in [1.54, 1.807) is 0 Å². The van der Waals surface area contributed by atoms with E-state index in [2.05, 4.69) is 76.3 Å². The van der Waals surface area contributed by atoms with Gasteiger partial charge >= 0.3 is 39.5 Å². The van der Waals surface area contributed by atoms with Crippen LogP contribution in [0.25, 0.3) is 0 Å². The quantitative estimate of drug-likeness (QED) is 0.0169. The minimum Gasteiger partial charge on any atom is -0.462 e. The number of carbonyl (C=O) groups excluding carboxylic acids is 4. The predicted molar refractivity (Wildman–Crippen MR) is 381 cm³/mol. The van der Waals surface area contributed by atoms with Crippen molar-refractivity contribution < 1.29 is 80.2 Å². The Balaban J connectivity index is 5.31. The number of aliphatic hydroxyl groups excluding tert-OH is 1. The van der Waals surface area contributed by atoms with E-state index >= 15 is 0 Å². The highest BCUT2D eigenvalue weighted by molar-refractivity contribution is 7.47. The number of esters is 4. The van der Waals surface area contributed by atoms with E-state index in [0.717, 1.165) is 154 Å². The van der Waals surface area contributed by atoms with Crippen LogP contribution < -0.4 is 0 Å². The van der Waals surface area contributed by atoms with Crippen LogP contribution in [0.4, 0.5) is 0 Å². The molecule has 0 radical (unpaired) electrons. The van der Waals surface area contributed by atoms with Gasteiger partial charge in [0.25, 0.3) is 0 Å². The molecule has 0 aromatic rings. The minimum atomic E-state index is -4.97. The zero-order valence-corrected chi connectivity index (χ0v) is 61.7. The third kappa shape index (κ3) is 67.6. The smallest absolute Gasteiger partial charge is 0.462 e. The van der Waals surface area contributed by atoms with Gasteiger partial charge in [-0.25, -0.2) is 9.13 Å². The Morgan fingerprint density at radius 1 is 0.298 bits per heavy atom. The van der Waals surface area contributed by atoms with E-state index in [9.17, 15) is 43.2 Å². The largest absolute Gasteiger partial charge is 0.472 e. The molecule has 19 heteroatoms. The maximum absolute atomic E-state index is 13.0. The first-order valence-corrected chi connectivity index (χ1v) is 40.9. The molecule has 550 valence electrons. The van der Waals surface area contributed by atoms with Crippen molar-refractivity contribution in [3.63, 3.8) is 0 Å². The normalized spacial score (nSPS) is 14.2. The summed E-state index contributed by atoms with van der Waals surface area (Å²) in [4.78, 5) is 72.7. The summed E-state index contributed by atoms with van der Waals surface area (Å²) in [5.74, 6) is -2.18. The maximum atomic E-state index is 13.0. The summed E-state index contributed by atoms with van der Waals surface area (Å²) in [5, 5.41) is 10.6. The fraction of sp³-hybridized carbons (Fsp3) is 0.840. The molecular formula is C75H138O17P2. The summed E-state index contributed by atoms with van der Waals surface area (Å²) >= 11 is 0. The van der Waals surface area contributed by atoms with Gasteiger partial charge in [0.1, 0.15) is 19.3 Å². The second kappa shape index (κ2) is 68.5. The van der Waals surface area contributed by atoms with Crippen molar-refractivity contribution in [1.29, 1.82) is 0 Å². The second-order valence-corrected chi connectivity index (χ2v) is 28.5. The van der Waals surface area contributed by atoms with Gasteiger partial charge < -0.3 is 33.8 Å². The molecule has 0 aromatic carbocycles. The Bertz CT molecular complexity index is 1980. The Morgan fingerprint density at radius 2 is 0.543 bits per heavy atom. The van der Waals surface area contributed by atoms with Crippen LogP contribution in [0.3, 0.4) is 0 Å². The first-order valence-electron chi connectivity index (χ1n) is 37.9. The molecule has 5 atom stereocenters. The maximum Gasteiger partial charge on any atom is 0.472 e. The highest BCUT2D eigenvalue weighted by Gasteiger charge is 2.30. The molecule has 0 aliphatic heterocycles. The van der Waals surface area contributed by atoms with Crippen LogP contribution in [0.1, 0.15) is 349 Å². The van der Waals surface area contributed by atoms with Gasteiger partial charge in [-0.05, 0) is 103 Å². The minimum absolute atomic E-state index is 0.0816. The van der Waals surface area contributed by atoms with Gasteiger partial charge in [-0.15, -0.1) is 0 Å². The molecule has 17 nitrogen and oxygen atoms in total. The number of hydrogen-bond donors (Lipinski definition) is 3. The molecule has 0 aromatic heterocycles. The van der Waals surface area contributed by atoms with Crippen molar-refractivity contribution in [3.05, 3.63) is 48.6 Å². The fourth-order valence-corrected chi connectivity index (χ4v) is 12.0. The number of ether oxygens (including phenoxy) is 4. The molecule has 0 heterocycles. The van der Waals surface area contributed by atoms with Crippen molar-refractivity contribution in [2.24, 2.45) is 0 Å². The lowest BCUT2D eigenvalue weighted by atomic mass is 10.0. The Morgan fingerprint density at radius 3 is 0.851 bits per heavy atom. The molecule has 5 unspecified atom stereocenters. The van der Waals surface area contributed by atoms with E-state index in [-0.39, 0.29) is 25.7 Å². The molecule has 0 fully saturated rings. The monoisotopic (exact) mass is 1370 g/mol. The van der Waals surface area contributed by atoms with Crippen LogP contribution in [0.15, 0.2) is 48.6 Å². The molecule has 0 saturated heterocycles. The van der Waals surface area contributed by atoms with Crippen LogP contribution in [0, 0.1) is 0 Å². The zero-order chi connectivity index (χ0) is 69.0. The Kier molecular flexibility index (Phi) is 66.4. The fourth-order valence-electron chi connectivity index (χ4n) is 10.4. The van der Waals surface area contributed by atoms with Gasteiger partial charge in [-0.3, -0.25) is 37.3 Å². The molecule has 0 saturated carbocycles. The lowest BCUT2D eigenvalue weighted by Crippen LogP contribution is -2.30. The number of phosphoric ester groups is 2. The number of unbranched alkanes of at least 4 members (excludes halogenated alkanes) is 38. The van der Waals surface area contributed by atoms with Gasteiger partial charge in [-0.1, -0.05) is 269 Å². The van der Waals surface area contributed by atoms with E-state index in [4.69, 9.17) is 37.0 Å². The molecule has 0 bridgehead atoms. The van der Waals surface area contributed by atoms with Crippen molar-refractivity contribution >= 4 is 39.5 Å². The summed E-state index contributed by atoms with van der Waals surface area (Å²) in [6.07, 6.45) is 63.9. The summed E-state index contributed by atoms with van der Waals surface area (Å²) in [6.45, 7) is 4.81. The standard InChI is InChI=1S/C75H138O17P2/c1-5-9-13-17-21-25-29-33-34-38-40-44-48-52-56-60-73(78)86-66-71(92-75(80)62-58-54-50-46-42-37-32-28-24-20-16-12-8-4)68-90-94(83,84)88-64-69(76)63-87-93(81,82)89-67-70(91-74(79)61-57-53-49-45-41-36-31-27-23-19-15-11-7-3)65-85-72(77)59-55-51-47-43-39-35-30-26-22-18-14-10-6-2/h16,20,26,28,30,32-34,69-71,76H,5-15,17-19,21-25,27,29,31,35-68H2,1-4H3,(H,81,82)(H,83,84)/b20-16-,30-26-,32-28-,34-33-. The average Bonchev–Trinajstić information content (AvgIpc) is 1.63. The van der Waals surface area contributed by atoms with Gasteiger partial charge in [0, 0.05) is 25.7 Å². The number of phosphoric acid groups is 2. The molecule has 0 rings (SSSR count). The summed E-state index contributed by atoms with van der Waals surface area (Å²) in [5.41, 5.74) is 0. The van der Waals surface area contributed by atoms with Crippen molar-refractivity contribution in [1.82, 2.24) is 0 Å². The SMILES string of the molecule is CCC/C=C\C/C=C\CCCCCCCC(=O)OC(COC(=O)CCCCCCC/C=C\CCCCCCCC)COP(=O)(O)OCC(O)COP(=O)(O)OCC(COC(=O)CCCCCCC/C=C\CCCCCC)OC(=O)CCCCCCCCCCCCCCC. The number of carbonyl (C=O) groups is 4. The molecule has 0 aliphatic rings. The third-order valence-corrected chi connectivity index (χ3v) is 18.1. The lowest BCUT2D eigenvalue weighted by Gasteiger charge is -2.21. The van der Waals surface area contributed by atoms with Crippen molar-refractivity contribution in [2.45, 2.75) is 367 Å². The molecule has 0 spiro atoms.